The smallest absolute Gasteiger partial charge is 0.307 e. The van der Waals surface area contributed by atoms with Gasteiger partial charge in [-0.25, -0.2) is 0 Å². The van der Waals surface area contributed by atoms with Crippen LogP contribution in [0.3, 0.4) is 0 Å². The number of allylic oxidation sites excluding steroid dienone is 2. The van der Waals surface area contributed by atoms with E-state index in [1.165, 1.54) is 0 Å². The highest BCUT2D eigenvalue weighted by molar-refractivity contribution is 5.98. The minimum Gasteiger partial charge on any atom is -0.481 e. The van der Waals surface area contributed by atoms with Gasteiger partial charge < -0.3 is 15.7 Å². The van der Waals surface area contributed by atoms with Crippen molar-refractivity contribution in [3.05, 3.63) is 42.0 Å². The molecule has 0 saturated heterocycles. The molecule has 0 heterocycles. The number of carbonyl (C=O) groups is 3. The average Bonchev–Trinajstić information content (AvgIpc) is 3.39. The van der Waals surface area contributed by atoms with Gasteiger partial charge in [0.15, 0.2) is 0 Å². The van der Waals surface area contributed by atoms with Crippen LogP contribution in [0.15, 0.2) is 36.4 Å². The van der Waals surface area contributed by atoms with Gasteiger partial charge >= 0.3 is 5.97 Å². The van der Waals surface area contributed by atoms with Gasteiger partial charge in [-0.2, -0.15) is 0 Å². The van der Waals surface area contributed by atoms with Crippen molar-refractivity contribution in [1.82, 2.24) is 5.32 Å². The lowest BCUT2D eigenvalue weighted by Gasteiger charge is -2.24. The van der Waals surface area contributed by atoms with Crippen molar-refractivity contribution in [3.63, 3.8) is 0 Å². The highest BCUT2D eigenvalue weighted by Gasteiger charge is 2.34. The summed E-state index contributed by atoms with van der Waals surface area (Å²) < 4.78 is 0. The fraction of sp³-hybridized carbons (Fsp3) is 0.389. The summed E-state index contributed by atoms with van der Waals surface area (Å²) in [6, 6.07) is 6.97. The Kier molecular flexibility index (Phi) is 4.64. The van der Waals surface area contributed by atoms with Gasteiger partial charge in [0, 0.05) is 17.3 Å². The van der Waals surface area contributed by atoms with Crippen LogP contribution in [-0.4, -0.2) is 28.9 Å². The Morgan fingerprint density at radius 3 is 2.42 bits per heavy atom. The molecule has 0 unspecified atom stereocenters. The summed E-state index contributed by atoms with van der Waals surface area (Å²) in [5.41, 5.74) is 0.986. The van der Waals surface area contributed by atoms with Crippen molar-refractivity contribution in [2.75, 3.05) is 5.32 Å². The van der Waals surface area contributed by atoms with Crippen LogP contribution in [0.2, 0.25) is 0 Å². The minimum absolute atomic E-state index is 0.155. The molecule has 1 saturated carbocycles. The topological polar surface area (TPSA) is 95.5 Å². The number of carboxylic acids is 1. The van der Waals surface area contributed by atoms with Gasteiger partial charge in [-0.3, -0.25) is 14.4 Å². The first-order valence-corrected chi connectivity index (χ1v) is 8.14. The average molecular weight is 328 g/mol. The number of carbonyl (C=O) groups excluding carboxylic acids is 2. The van der Waals surface area contributed by atoms with Crippen LogP contribution >= 0.6 is 0 Å². The summed E-state index contributed by atoms with van der Waals surface area (Å²) >= 11 is 0. The van der Waals surface area contributed by atoms with Crippen molar-refractivity contribution in [2.24, 2.45) is 11.8 Å². The Morgan fingerprint density at radius 1 is 1.04 bits per heavy atom. The molecule has 2 atom stereocenters. The Hall–Kier alpha value is -2.63. The molecule has 0 bridgehead atoms. The first-order valence-electron chi connectivity index (χ1n) is 8.14. The number of hydrogen-bond donors (Lipinski definition) is 3. The Balaban J connectivity index is 1.68. The fourth-order valence-electron chi connectivity index (χ4n) is 2.85. The maximum atomic E-state index is 12.4. The van der Waals surface area contributed by atoms with E-state index in [9.17, 15) is 19.5 Å². The van der Waals surface area contributed by atoms with Crippen LogP contribution in [0, 0.1) is 11.8 Å². The first kappa shape index (κ1) is 16.2. The predicted molar refractivity (Wildman–Crippen MR) is 88.5 cm³/mol. The van der Waals surface area contributed by atoms with Crippen molar-refractivity contribution in [3.8, 4) is 0 Å². The van der Waals surface area contributed by atoms with E-state index in [4.69, 9.17) is 0 Å². The Morgan fingerprint density at radius 2 is 1.75 bits per heavy atom. The van der Waals surface area contributed by atoms with Gasteiger partial charge in [-0.05, 0) is 43.9 Å². The summed E-state index contributed by atoms with van der Waals surface area (Å²) in [6.45, 7) is 0. The molecule has 1 aromatic carbocycles. The highest BCUT2D eigenvalue weighted by atomic mass is 16.4. The second-order valence-electron chi connectivity index (χ2n) is 6.31. The molecule has 0 radical (unpaired) electrons. The third-order valence-corrected chi connectivity index (χ3v) is 4.39. The molecular formula is C18H20N2O4. The quantitative estimate of drug-likeness (QED) is 0.722. The maximum absolute atomic E-state index is 12.4. The maximum Gasteiger partial charge on any atom is 0.307 e. The fourth-order valence-corrected chi connectivity index (χ4v) is 2.85. The highest BCUT2D eigenvalue weighted by Crippen LogP contribution is 2.27. The van der Waals surface area contributed by atoms with Gasteiger partial charge in [-0.1, -0.05) is 18.2 Å². The zero-order valence-electron chi connectivity index (χ0n) is 13.2. The molecule has 24 heavy (non-hydrogen) atoms. The van der Waals surface area contributed by atoms with E-state index in [0.717, 1.165) is 12.8 Å². The predicted octanol–water partition coefficient (Wildman–Crippen LogP) is 2.18. The minimum atomic E-state index is -0.961. The van der Waals surface area contributed by atoms with Crippen LogP contribution < -0.4 is 10.6 Å². The van der Waals surface area contributed by atoms with Crippen molar-refractivity contribution < 1.29 is 19.5 Å². The molecule has 2 amide bonds. The standard InChI is InChI=1S/C18H20N2O4/c21-16(19-12-8-9-12)11-4-3-5-13(10-11)20-17(22)14-6-1-2-7-15(14)18(23)24/h1-5,10,12,14-15H,6-9H2,(H,19,21)(H,20,22)(H,23,24)/t14-,15+/m0/s1. The van der Waals surface area contributed by atoms with E-state index in [1.807, 2.05) is 6.08 Å². The number of carboxylic acid groups (broad SMARTS) is 1. The van der Waals surface area contributed by atoms with Gasteiger partial charge in [0.25, 0.3) is 5.91 Å². The van der Waals surface area contributed by atoms with E-state index < -0.39 is 17.8 Å². The van der Waals surface area contributed by atoms with E-state index in [1.54, 1.807) is 30.3 Å². The molecule has 1 aromatic rings. The third kappa shape index (κ3) is 3.82. The van der Waals surface area contributed by atoms with Crippen molar-refractivity contribution in [2.45, 2.75) is 31.7 Å². The number of benzene rings is 1. The number of nitrogens with one attached hydrogen (secondary N) is 2. The molecule has 3 rings (SSSR count). The molecule has 0 spiro atoms. The van der Waals surface area contributed by atoms with Crippen LogP contribution in [0.5, 0.6) is 0 Å². The number of amides is 2. The van der Waals surface area contributed by atoms with E-state index in [2.05, 4.69) is 10.6 Å². The van der Waals surface area contributed by atoms with Crippen molar-refractivity contribution >= 4 is 23.5 Å². The van der Waals surface area contributed by atoms with Gasteiger partial charge in [0.1, 0.15) is 0 Å². The Labute approximate surface area is 139 Å². The van der Waals surface area contributed by atoms with Crippen LogP contribution in [0.4, 0.5) is 5.69 Å². The number of aliphatic carboxylic acids is 1. The first-order chi connectivity index (χ1) is 11.5. The van der Waals surface area contributed by atoms with Crippen molar-refractivity contribution in [1.29, 1.82) is 0 Å². The summed E-state index contributed by atoms with van der Waals surface area (Å²) in [7, 11) is 0. The molecule has 6 heteroatoms. The Bertz CT molecular complexity index is 694. The number of rotatable bonds is 5. The second-order valence-corrected chi connectivity index (χ2v) is 6.31. The molecule has 6 nitrogen and oxygen atoms in total. The van der Waals surface area contributed by atoms with E-state index in [-0.39, 0.29) is 17.9 Å². The lowest BCUT2D eigenvalue weighted by molar-refractivity contribution is -0.146. The molecule has 0 aromatic heterocycles. The summed E-state index contributed by atoms with van der Waals surface area (Å²) in [6.07, 6.45) is 6.42. The molecule has 1 fully saturated rings. The van der Waals surface area contributed by atoms with Crippen LogP contribution in [0.25, 0.3) is 0 Å². The molecule has 126 valence electrons. The SMILES string of the molecule is O=C(NC1CC1)c1cccc(NC(=O)[C@H]2CC=CC[C@H]2C(=O)O)c1. The molecule has 2 aliphatic rings. The summed E-state index contributed by atoms with van der Waals surface area (Å²) in [5.74, 6) is -2.76. The third-order valence-electron chi connectivity index (χ3n) is 4.39. The lowest BCUT2D eigenvalue weighted by atomic mass is 9.82. The lowest BCUT2D eigenvalue weighted by Crippen LogP contribution is -2.34. The van der Waals surface area contributed by atoms with E-state index in [0.29, 0.717) is 24.1 Å². The summed E-state index contributed by atoms with van der Waals surface area (Å²) in [4.78, 5) is 35.8. The van der Waals surface area contributed by atoms with Crippen LogP contribution in [0.1, 0.15) is 36.0 Å². The van der Waals surface area contributed by atoms with E-state index >= 15 is 0 Å². The number of hydrogen-bond acceptors (Lipinski definition) is 3. The van der Waals surface area contributed by atoms with Crippen LogP contribution in [-0.2, 0) is 9.59 Å². The zero-order chi connectivity index (χ0) is 17.1. The zero-order valence-corrected chi connectivity index (χ0v) is 13.2. The largest absolute Gasteiger partial charge is 0.481 e. The normalized spacial score (nSPS) is 22.7. The molecule has 3 N–H and O–H groups in total. The van der Waals surface area contributed by atoms with Gasteiger partial charge in [-0.15, -0.1) is 0 Å². The second kappa shape index (κ2) is 6.86. The molecule has 0 aliphatic heterocycles. The number of anilines is 1. The molecular weight excluding hydrogens is 308 g/mol. The summed E-state index contributed by atoms with van der Waals surface area (Å²) in [5, 5.41) is 14.9. The molecule has 2 aliphatic carbocycles. The monoisotopic (exact) mass is 328 g/mol. The van der Waals surface area contributed by atoms with Gasteiger partial charge in [0.05, 0.1) is 11.8 Å². The van der Waals surface area contributed by atoms with Gasteiger partial charge in [0.2, 0.25) is 5.91 Å².